The van der Waals surface area contributed by atoms with Gasteiger partial charge in [-0.3, -0.25) is 4.98 Å². The van der Waals surface area contributed by atoms with Crippen LogP contribution in [-0.4, -0.2) is 28.8 Å². The van der Waals surface area contributed by atoms with Crippen LogP contribution in [0.5, 0.6) is 0 Å². The van der Waals surface area contributed by atoms with Crippen molar-refractivity contribution in [3.63, 3.8) is 0 Å². The fraction of sp³-hybridized carbons (Fsp3) is 0.545. The van der Waals surface area contributed by atoms with Gasteiger partial charge < -0.3 is 10.4 Å². The van der Waals surface area contributed by atoms with Crippen molar-refractivity contribution in [3.8, 4) is 0 Å². The minimum Gasteiger partial charge on any atom is -0.391 e. The van der Waals surface area contributed by atoms with Gasteiger partial charge >= 0.3 is 0 Å². The molecular weight excluding hydrogens is 176 g/mol. The summed E-state index contributed by atoms with van der Waals surface area (Å²) in [4.78, 5) is 3.93. The molecule has 0 saturated carbocycles. The van der Waals surface area contributed by atoms with Gasteiger partial charge in [0.2, 0.25) is 0 Å². The lowest BCUT2D eigenvalue weighted by Crippen LogP contribution is -2.32. The van der Waals surface area contributed by atoms with E-state index in [0.29, 0.717) is 19.0 Å². The number of aliphatic hydroxyl groups is 1. The number of hydrogen-bond donors (Lipinski definition) is 2. The highest BCUT2D eigenvalue weighted by atomic mass is 16.3. The third-order valence-electron chi connectivity index (χ3n) is 1.98. The van der Waals surface area contributed by atoms with Crippen molar-refractivity contribution in [1.29, 1.82) is 0 Å². The lowest BCUT2D eigenvalue weighted by Gasteiger charge is -2.13. The Morgan fingerprint density at radius 3 is 2.57 bits per heavy atom. The summed E-state index contributed by atoms with van der Waals surface area (Å²) in [7, 11) is 0. The second kappa shape index (κ2) is 5.73. The number of pyridine rings is 1. The molecule has 1 heterocycles. The molecule has 2 N–H and O–H groups in total. The normalized spacial score (nSPS) is 13.1. The van der Waals surface area contributed by atoms with E-state index in [0.717, 1.165) is 5.56 Å². The van der Waals surface area contributed by atoms with E-state index in [-0.39, 0.29) is 6.10 Å². The standard InChI is InChI=1S/C11H18N2O/c1-9(2)13-8-11(14)7-10-3-5-12-6-4-10/h3-6,9,11,13-14H,7-8H2,1-2H3. The van der Waals surface area contributed by atoms with Gasteiger partial charge in [0.25, 0.3) is 0 Å². The molecule has 14 heavy (non-hydrogen) atoms. The summed E-state index contributed by atoms with van der Waals surface area (Å²) >= 11 is 0. The molecule has 78 valence electrons. The number of rotatable bonds is 5. The highest BCUT2D eigenvalue weighted by molar-refractivity contribution is 5.10. The minimum atomic E-state index is -0.320. The molecule has 0 saturated heterocycles. The molecule has 1 aromatic heterocycles. The van der Waals surface area contributed by atoms with Gasteiger partial charge in [0.05, 0.1) is 6.10 Å². The lowest BCUT2D eigenvalue weighted by atomic mass is 10.1. The van der Waals surface area contributed by atoms with Crippen molar-refractivity contribution in [2.75, 3.05) is 6.54 Å². The van der Waals surface area contributed by atoms with Crippen molar-refractivity contribution >= 4 is 0 Å². The van der Waals surface area contributed by atoms with Crippen LogP contribution >= 0.6 is 0 Å². The molecule has 0 aliphatic carbocycles. The van der Waals surface area contributed by atoms with Gasteiger partial charge in [0.15, 0.2) is 0 Å². The molecule has 1 rings (SSSR count). The Balaban J connectivity index is 2.30. The molecule has 0 amide bonds. The van der Waals surface area contributed by atoms with Crippen molar-refractivity contribution in [3.05, 3.63) is 30.1 Å². The summed E-state index contributed by atoms with van der Waals surface area (Å²) < 4.78 is 0. The fourth-order valence-corrected chi connectivity index (χ4v) is 1.23. The summed E-state index contributed by atoms with van der Waals surface area (Å²) in [6.45, 7) is 4.78. The molecular formula is C11H18N2O. The van der Waals surface area contributed by atoms with E-state index in [2.05, 4.69) is 24.1 Å². The van der Waals surface area contributed by atoms with Gasteiger partial charge in [-0.25, -0.2) is 0 Å². The van der Waals surface area contributed by atoms with E-state index in [1.54, 1.807) is 12.4 Å². The zero-order valence-corrected chi connectivity index (χ0v) is 8.77. The van der Waals surface area contributed by atoms with Gasteiger partial charge in [-0.2, -0.15) is 0 Å². The van der Waals surface area contributed by atoms with Crippen LogP contribution in [0.15, 0.2) is 24.5 Å². The SMILES string of the molecule is CC(C)NCC(O)Cc1ccncc1. The molecule has 0 bridgehead atoms. The zero-order valence-electron chi connectivity index (χ0n) is 8.77. The van der Waals surface area contributed by atoms with E-state index in [9.17, 15) is 5.11 Å². The number of aliphatic hydroxyl groups excluding tert-OH is 1. The molecule has 0 aromatic carbocycles. The Bertz CT molecular complexity index is 249. The molecule has 0 radical (unpaired) electrons. The average Bonchev–Trinajstić information content (AvgIpc) is 2.16. The molecule has 0 aliphatic heterocycles. The van der Waals surface area contributed by atoms with Crippen LogP contribution in [-0.2, 0) is 6.42 Å². The molecule has 0 aliphatic rings. The average molecular weight is 194 g/mol. The van der Waals surface area contributed by atoms with E-state index in [1.165, 1.54) is 0 Å². The van der Waals surface area contributed by atoms with Crippen LogP contribution in [0, 0.1) is 0 Å². The van der Waals surface area contributed by atoms with Crippen LogP contribution in [0.3, 0.4) is 0 Å². The van der Waals surface area contributed by atoms with Crippen molar-refractivity contribution in [2.24, 2.45) is 0 Å². The van der Waals surface area contributed by atoms with Crippen LogP contribution in [0.2, 0.25) is 0 Å². The maximum Gasteiger partial charge on any atom is 0.0704 e. The second-order valence-corrected chi connectivity index (χ2v) is 3.78. The molecule has 3 heteroatoms. The maximum absolute atomic E-state index is 9.67. The van der Waals surface area contributed by atoms with Crippen LogP contribution < -0.4 is 5.32 Å². The summed E-state index contributed by atoms with van der Waals surface area (Å²) in [5.74, 6) is 0. The first-order chi connectivity index (χ1) is 6.68. The molecule has 1 unspecified atom stereocenters. The molecule has 0 spiro atoms. The number of aromatic nitrogens is 1. The largest absolute Gasteiger partial charge is 0.391 e. The fourth-order valence-electron chi connectivity index (χ4n) is 1.23. The van der Waals surface area contributed by atoms with Gasteiger partial charge in [0, 0.05) is 25.0 Å². The van der Waals surface area contributed by atoms with E-state index in [1.807, 2.05) is 12.1 Å². The number of nitrogens with one attached hydrogen (secondary N) is 1. The number of nitrogens with zero attached hydrogens (tertiary/aromatic N) is 1. The van der Waals surface area contributed by atoms with Gasteiger partial charge in [-0.05, 0) is 24.1 Å². The topological polar surface area (TPSA) is 45.1 Å². The van der Waals surface area contributed by atoms with Crippen molar-refractivity contribution < 1.29 is 5.11 Å². The summed E-state index contributed by atoms with van der Waals surface area (Å²) in [6.07, 6.45) is 3.86. The van der Waals surface area contributed by atoms with Crippen molar-refractivity contribution in [2.45, 2.75) is 32.4 Å². The Hall–Kier alpha value is -0.930. The molecule has 0 fully saturated rings. The minimum absolute atomic E-state index is 0.320. The Labute approximate surface area is 85.2 Å². The highest BCUT2D eigenvalue weighted by Crippen LogP contribution is 2.00. The van der Waals surface area contributed by atoms with E-state index in [4.69, 9.17) is 0 Å². The second-order valence-electron chi connectivity index (χ2n) is 3.78. The first-order valence-corrected chi connectivity index (χ1v) is 4.99. The van der Waals surface area contributed by atoms with E-state index < -0.39 is 0 Å². The lowest BCUT2D eigenvalue weighted by molar-refractivity contribution is 0.169. The Morgan fingerprint density at radius 1 is 1.36 bits per heavy atom. The van der Waals surface area contributed by atoms with Crippen LogP contribution in [0.1, 0.15) is 19.4 Å². The van der Waals surface area contributed by atoms with Crippen LogP contribution in [0.25, 0.3) is 0 Å². The summed E-state index contributed by atoms with van der Waals surface area (Å²) in [6, 6.07) is 4.28. The zero-order chi connectivity index (χ0) is 10.4. The summed E-state index contributed by atoms with van der Waals surface area (Å²) in [5, 5.41) is 12.9. The monoisotopic (exact) mass is 194 g/mol. The highest BCUT2D eigenvalue weighted by Gasteiger charge is 2.05. The smallest absolute Gasteiger partial charge is 0.0704 e. The predicted molar refractivity (Wildman–Crippen MR) is 57.1 cm³/mol. The first kappa shape index (κ1) is 11.1. The van der Waals surface area contributed by atoms with Crippen LogP contribution in [0.4, 0.5) is 0 Å². The Morgan fingerprint density at radius 2 is 2.00 bits per heavy atom. The summed E-state index contributed by atoms with van der Waals surface area (Å²) in [5.41, 5.74) is 1.12. The number of hydrogen-bond acceptors (Lipinski definition) is 3. The third-order valence-corrected chi connectivity index (χ3v) is 1.98. The van der Waals surface area contributed by atoms with Gasteiger partial charge in [-0.15, -0.1) is 0 Å². The third kappa shape index (κ3) is 4.35. The Kier molecular flexibility index (Phi) is 4.56. The molecule has 1 atom stereocenters. The van der Waals surface area contributed by atoms with E-state index >= 15 is 0 Å². The van der Waals surface area contributed by atoms with Crippen molar-refractivity contribution in [1.82, 2.24) is 10.3 Å². The van der Waals surface area contributed by atoms with Gasteiger partial charge in [0.1, 0.15) is 0 Å². The molecule has 3 nitrogen and oxygen atoms in total. The maximum atomic E-state index is 9.67. The molecule has 1 aromatic rings. The first-order valence-electron chi connectivity index (χ1n) is 4.99. The quantitative estimate of drug-likeness (QED) is 0.734. The van der Waals surface area contributed by atoms with Gasteiger partial charge in [-0.1, -0.05) is 13.8 Å². The predicted octanol–water partition coefficient (Wildman–Crippen LogP) is 0.983.